The predicted molar refractivity (Wildman–Crippen MR) is 122 cm³/mol. The number of likely N-dealkylation sites (tertiary alicyclic amines) is 1. The molecule has 0 spiro atoms. The number of amides is 1. The van der Waals surface area contributed by atoms with E-state index in [1.165, 1.54) is 0 Å². The number of hydrogen-bond donors (Lipinski definition) is 1. The van der Waals surface area contributed by atoms with E-state index in [1.54, 1.807) is 33.5 Å². The van der Waals surface area contributed by atoms with Crippen LogP contribution in [0.3, 0.4) is 0 Å². The van der Waals surface area contributed by atoms with Gasteiger partial charge in [0.05, 0.1) is 26.1 Å². The van der Waals surface area contributed by atoms with Crippen LogP contribution in [0.25, 0.3) is 11.3 Å². The van der Waals surface area contributed by atoms with E-state index in [0.29, 0.717) is 23.9 Å². The maximum absolute atomic E-state index is 11.9. The Morgan fingerprint density at radius 1 is 1.06 bits per heavy atom. The maximum Gasteiger partial charge on any atom is 0.219 e. The average molecular weight is 434 g/mol. The van der Waals surface area contributed by atoms with Gasteiger partial charge >= 0.3 is 0 Å². The van der Waals surface area contributed by atoms with Crippen molar-refractivity contribution in [1.82, 2.24) is 19.9 Å². The lowest BCUT2D eigenvalue weighted by atomic mass is 9.97. The lowest BCUT2D eigenvalue weighted by Crippen LogP contribution is -2.38. The Labute approximate surface area is 187 Å². The summed E-state index contributed by atoms with van der Waals surface area (Å²) in [5, 5.41) is 3.37. The number of benzene rings is 1. The molecule has 0 saturated carbocycles. The molecule has 4 rings (SSSR count). The van der Waals surface area contributed by atoms with Gasteiger partial charge in [0.15, 0.2) is 0 Å². The summed E-state index contributed by atoms with van der Waals surface area (Å²) in [5.74, 6) is 2.99. The summed E-state index contributed by atoms with van der Waals surface area (Å²) in [6, 6.07) is 11.5. The highest BCUT2D eigenvalue weighted by Crippen LogP contribution is 2.30. The third kappa shape index (κ3) is 4.96. The van der Waals surface area contributed by atoms with E-state index in [0.717, 1.165) is 42.1 Å². The number of pyridine rings is 1. The Kier molecular flexibility index (Phi) is 6.49. The van der Waals surface area contributed by atoms with Gasteiger partial charge in [0.2, 0.25) is 5.91 Å². The van der Waals surface area contributed by atoms with E-state index in [1.807, 2.05) is 41.3 Å². The molecule has 1 fully saturated rings. The first-order valence-electron chi connectivity index (χ1n) is 10.6. The van der Waals surface area contributed by atoms with E-state index < -0.39 is 0 Å². The molecule has 32 heavy (non-hydrogen) atoms. The quantitative estimate of drug-likeness (QED) is 0.628. The zero-order valence-corrected chi connectivity index (χ0v) is 18.5. The van der Waals surface area contributed by atoms with E-state index in [9.17, 15) is 4.79 Å². The standard InChI is InChI=1S/C24H27N5O3/c1-16(30)29-10-4-5-17(15-29)24-27-22(18-11-21(32-3)14-25-13-18)12-23(28-24)26-19-6-8-20(31-2)9-7-19/h6-9,11-14,17H,4-5,10,15H2,1-3H3,(H,26,27,28). The fourth-order valence-electron chi connectivity index (χ4n) is 3.83. The monoisotopic (exact) mass is 433 g/mol. The molecule has 2 aromatic heterocycles. The summed E-state index contributed by atoms with van der Waals surface area (Å²) < 4.78 is 10.6. The minimum atomic E-state index is 0.0718. The Bertz CT molecular complexity index is 1090. The molecule has 1 N–H and O–H groups in total. The Hall–Kier alpha value is -3.68. The van der Waals surface area contributed by atoms with Crippen LogP contribution in [0.15, 0.2) is 48.8 Å². The highest BCUT2D eigenvalue weighted by molar-refractivity contribution is 5.73. The lowest BCUT2D eigenvalue weighted by molar-refractivity contribution is -0.130. The number of nitrogens with one attached hydrogen (secondary N) is 1. The van der Waals surface area contributed by atoms with Crippen molar-refractivity contribution in [2.24, 2.45) is 0 Å². The molecule has 1 aliphatic rings. The van der Waals surface area contributed by atoms with Crippen molar-refractivity contribution in [2.45, 2.75) is 25.7 Å². The van der Waals surface area contributed by atoms with Crippen molar-refractivity contribution in [1.29, 1.82) is 0 Å². The molecule has 8 nitrogen and oxygen atoms in total. The summed E-state index contributed by atoms with van der Waals surface area (Å²) in [7, 11) is 3.25. The van der Waals surface area contributed by atoms with Crippen LogP contribution in [0.4, 0.5) is 11.5 Å². The van der Waals surface area contributed by atoms with Crippen molar-refractivity contribution in [3.05, 3.63) is 54.6 Å². The summed E-state index contributed by atoms with van der Waals surface area (Å²) >= 11 is 0. The largest absolute Gasteiger partial charge is 0.497 e. The van der Waals surface area contributed by atoms with Gasteiger partial charge in [0, 0.05) is 49.4 Å². The summed E-state index contributed by atoms with van der Waals surface area (Å²) in [6.07, 6.45) is 5.29. The molecule has 3 aromatic rings. The van der Waals surface area contributed by atoms with Crippen molar-refractivity contribution >= 4 is 17.4 Å². The fraction of sp³-hybridized carbons (Fsp3) is 0.333. The predicted octanol–water partition coefficient (Wildman–Crippen LogP) is 4.03. The number of hydrogen-bond acceptors (Lipinski definition) is 7. The van der Waals surface area contributed by atoms with Crippen LogP contribution in [0.5, 0.6) is 11.5 Å². The highest BCUT2D eigenvalue weighted by atomic mass is 16.5. The number of carbonyl (C=O) groups is 1. The molecule has 1 atom stereocenters. The SMILES string of the molecule is COc1ccc(Nc2cc(-c3cncc(OC)c3)nc(C3CCCN(C(C)=O)C3)n2)cc1. The van der Waals surface area contributed by atoms with Gasteiger partial charge in [-0.15, -0.1) is 0 Å². The average Bonchev–Trinajstić information content (AvgIpc) is 2.84. The maximum atomic E-state index is 11.9. The molecule has 1 amide bonds. The van der Waals surface area contributed by atoms with Crippen LogP contribution < -0.4 is 14.8 Å². The van der Waals surface area contributed by atoms with E-state index in [4.69, 9.17) is 19.4 Å². The smallest absolute Gasteiger partial charge is 0.219 e. The summed E-state index contributed by atoms with van der Waals surface area (Å²) in [4.78, 5) is 27.7. The first-order valence-corrected chi connectivity index (χ1v) is 10.6. The van der Waals surface area contributed by atoms with Gasteiger partial charge in [-0.25, -0.2) is 9.97 Å². The number of anilines is 2. The van der Waals surface area contributed by atoms with Crippen LogP contribution >= 0.6 is 0 Å². The molecule has 8 heteroatoms. The van der Waals surface area contributed by atoms with Crippen LogP contribution in [0.2, 0.25) is 0 Å². The minimum Gasteiger partial charge on any atom is -0.497 e. The Morgan fingerprint density at radius 3 is 2.56 bits per heavy atom. The van der Waals surface area contributed by atoms with Gasteiger partial charge in [0.25, 0.3) is 0 Å². The molecule has 0 radical (unpaired) electrons. The normalized spacial score (nSPS) is 15.8. The number of rotatable bonds is 6. The van der Waals surface area contributed by atoms with Gasteiger partial charge in [-0.05, 0) is 43.2 Å². The van der Waals surface area contributed by atoms with Crippen molar-refractivity contribution in [2.75, 3.05) is 32.6 Å². The number of ether oxygens (including phenoxy) is 2. The van der Waals surface area contributed by atoms with Crippen LogP contribution in [0.1, 0.15) is 31.5 Å². The topological polar surface area (TPSA) is 89.5 Å². The molecule has 3 heterocycles. The number of methoxy groups -OCH3 is 2. The summed E-state index contributed by atoms with van der Waals surface area (Å²) in [6.45, 7) is 3.01. The number of nitrogens with zero attached hydrogens (tertiary/aromatic N) is 4. The number of piperidine rings is 1. The molecule has 1 saturated heterocycles. The molecule has 0 bridgehead atoms. The number of aromatic nitrogens is 3. The minimum absolute atomic E-state index is 0.0718. The van der Waals surface area contributed by atoms with Crippen molar-refractivity contribution in [3.8, 4) is 22.8 Å². The Balaban J connectivity index is 1.71. The van der Waals surface area contributed by atoms with Gasteiger partial charge in [-0.1, -0.05) is 0 Å². The zero-order chi connectivity index (χ0) is 22.5. The van der Waals surface area contributed by atoms with Crippen molar-refractivity contribution in [3.63, 3.8) is 0 Å². The van der Waals surface area contributed by atoms with Crippen LogP contribution in [-0.4, -0.2) is 53.1 Å². The first kappa shape index (κ1) is 21.5. The Morgan fingerprint density at radius 2 is 1.84 bits per heavy atom. The van der Waals surface area contributed by atoms with Crippen LogP contribution in [0, 0.1) is 0 Å². The van der Waals surface area contributed by atoms with Gasteiger partial charge in [-0.2, -0.15) is 0 Å². The molecule has 1 unspecified atom stereocenters. The highest BCUT2D eigenvalue weighted by Gasteiger charge is 2.26. The lowest BCUT2D eigenvalue weighted by Gasteiger charge is -2.31. The van der Waals surface area contributed by atoms with E-state index in [-0.39, 0.29) is 11.8 Å². The molecule has 1 aromatic carbocycles. The van der Waals surface area contributed by atoms with E-state index in [2.05, 4.69) is 10.3 Å². The second kappa shape index (κ2) is 9.64. The number of carbonyl (C=O) groups excluding carboxylic acids is 1. The van der Waals surface area contributed by atoms with Crippen LogP contribution in [-0.2, 0) is 4.79 Å². The molecule has 1 aliphatic heterocycles. The molecular weight excluding hydrogens is 406 g/mol. The molecule has 166 valence electrons. The van der Waals surface area contributed by atoms with Gasteiger partial charge in [-0.3, -0.25) is 9.78 Å². The second-order valence-corrected chi connectivity index (χ2v) is 7.77. The second-order valence-electron chi connectivity index (χ2n) is 7.77. The molecule has 0 aliphatic carbocycles. The summed E-state index contributed by atoms with van der Waals surface area (Å²) in [5.41, 5.74) is 2.47. The third-order valence-corrected chi connectivity index (χ3v) is 5.58. The first-order chi connectivity index (χ1) is 15.6. The third-order valence-electron chi connectivity index (χ3n) is 5.58. The zero-order valence-electron chi connectivity index (χ0n) is 18.5. The van der Waals surface area contributed by atoms with Gasteiger partial charge in [0.1, 0.15) is 23.1 Å². The van der Waals surface area contributed by atoms with E-state index >= 15 is 0 Å². The fourth-order valence-corrected chi connectivity index (χ4v) is 3.83. The molecular formula is C24H27N5O3. The van der Waals surface area contributed by atoms with Crippen molar-refractivity contribution < 1.29 is 14.3 Å². The van der Waals surface area contributed by atoms with Gasteiger partial charge < -0.3 is 19.7 Å².